The summed E-state index contributed by atoms with van der Waals surface area (Å²) in [5.41, 5.74) is -2.96. The lowest BCUT2D eigenvalue weighted by molar-refractivity contribution is -0.140. The number of hydrogen-bond donors (Lipinski definition) is 1. The number of fused-ring (bicyclic) bond motifs is 1. The van der Waals surface area contributed by atoms with Gasteiger partial charge < -0.3 is 5.32 Å². The third kappa shape index (κ3) is 3.82. The molecule has 0 aliphatic carbocycles. The van der Waals surface area contributed by atoms with Crippen molar-refractivity contribution in [2.24, 2.45) is 0 Å². The molecule has 0 saturated heterocycles. The Morgan fingerprint density at radius 3 is 2.23 bits per heavy atom. The Balaban J connectivity index is 2.19. The maximum Gasteiger partial charge on any atom is 0.433 e. The average Bonchev–Trinajstić information content (AvgIpc) is 2.52. The van der Waals surface area contributed by atoms with E-state index in [0.717, 1.165) is 12.1 Å². The van der Waals surface area contributed by atoms with E-state index < -0.39 is 29.1 Å². The van der Waals surface area contributed by atoms with Crippen molar-refractivity contribution in [1.29, 1.82) is 0 Å². The molecule has 0 bridgehead atoms. The van der Waals surface area contributed by atoms with Crippen molar-refractivity contribution >= 4 is 34.0 Å². The van der Waals surface area contributed by atoms with Crippen molar-refractivity contribution in [3.05, 3.63) is 58.9 Å². The predicted octanol–water partition coefficient (Wildman–Crippen LogP) is 6.06. The van der Waals surface area contributed by atoms with Gasteiger partial charge in [0, 0.05) is 16.6 Å². The Morgan fingerprint density at radius 1 is 0.885 bits per heavy atom. The third-order valence-electron chi connectivity index (χ3n) is 3.41. The highest BCUT2D eigenvalue weighted by Crippen LogP contribution is 2.37. The fourth-order valence-electron chi connectivity index (χ4n) is 2.26. The summed E-state index contributed by atoms with van der Waals surface area (Å²) in [7, 11) is 0. The van der Waals surface area contributed by atoms with E-state index in [-0.39, 0.29) is 21.9 Å². The quantitative estimate of drug-likeness (QED) is 0.539. The largest absolute Gasteiger partial charge is 0.433 e. The predicted molar refractivity (Wildman–Crippen MR) is 84.3 cm³/mol. The molecule has 2 heterocycles. The molecule has 0 unspecified atom stereocenters. The fraction of sp³-hybridized carbons (Fsp3) is 0.125. The Hall–Kier alpha value is -2.55. The van der Waals surface area contributed by atoms with Crippen molar-refractivity contribution in [3.63, 3.8) is 0 Å². The summed E-state index contributed by atoms with van der Waals surface area (Å²) in [6.07, 6.45) is -8.20. The van der Waals surface area contributed by atoms with Gasteiger partial charge in [0.05, 0.1) is 16.8 Å². The molecule has 1 aromatic carbocycles. The summed E-state index contributed by atoms with van der Waals surface area (Å²) in [6, 6.07) is 5.94. The summed E-state index contributed by atoms with van der Waals surface area (Å²) >= 11 is 5.81. The Labute approximate surface area is 147 Å². The van der Waals surface area contributed by atoms with Crippen molar-refractivity contribution in [2.75, 3.05) is 5.32 Å². The lowest BCUT2D eigenvalue weighted by atomic mass is 10.1. The van der Waals surface area contributed by atoms with E-state index in [1.165, 1.54) is 18.3 Å². The van der Waals surface area contributed by atoms with Crippen LogP contribution in [0.5, 0.6) is 0 Å². The minimum atomic E-state index is -4.83. The first-order valence-electron chi connectivity index (χ1n) is 7.02. The lowest BCUT2D eigenvalue weighted by Gasteiger charge is -2.14. The molecule has 0 aliphatic rings. The van der Waals surface area contributed by atoms with E-state index in [1.54, 1.807) is 0 Å². The zero-order chi connectivity index (χ0) is 19.1. The molecule has 0 saturated carbocycles. The summed E-state index contributed by atoms with van der Waals surface area (Å²) in [6.45, 7) is 0. The van der Waals surface area contributed by atoms with Crippen molar-refractivity contribution in [3.8, 4) is 0 Å². The van der Waals surface area contributed by atoms with Crippen LogP contribution in [0.1, 0.15) is 11.3 Å². The SMILES string of the molecule is FC(F)(F)c1ccc2c(Nc3cc(Cl)ccn3)cc(C(F)(F)F)nc2c1. The minimum Gasteiger partial charge on any atom is -0.340 e. The van der Waals surface area contributed by atoms with Gasteiger partial charge in [-0.1, -0.05) is 17.7 Å². The topological polar surface area (TPSA) is 37.8 Å². The molecule has 0 spiro atoms. The molecule has 0 fully saturated rings. The van der Waals surface area contributed by atoms with Crippen LogP contribution in [0.15, 0.2) is 42.6 Å². The maximum absolute atomic E-state index is 13.1. The van der Waals surface area contributed by atoms with E-state index in [0.29, 0.717) is 12.1 Å². The molecule has 136 valence electrons. The van der Waals surface area contributed by atoms with Crippen LogP contribution in [-0.4, -0.2) is 9.97 Å². The van der Waals surface area contributed by atoms with E-state index in [9.17, 15) is 26.3 Å². The molecule has 2 aromatic heterocycles. The number of alkyl halides is 6. The molecule has 1 N–H and O–H groups in total. The Kier molecular flexibility index (Phi) is 4.43. The van der Waals surface area contributed by atoms with E-state index in [1.807, 2.05) is 0 Å². The summed E-state index contributed by atoms with van der Waals surface area (Å²) in [5, 5.41) is 3.01. The maximum atomic E-state index is 13.1. The standard InChI is InChI=1S/C16H8ClF6N3/c17-9-3-4-24-14(6-9)26-12-7-13(16(21,22)23)25-11-5-8(15(18,19)20)1-2-10(11)12/h1-7H,(H,24,25,26). The van der Waals surface area contributed by atoms with Crippen LogP contribution in [-0.2, 0) is 12.4 Å². The van der Waals surface area contributed by atoms with Gasteiger partial charge in [0.1, 0.15) is 11.5 Å². The number of hydrogen-bond acceptors (Lipinski definition) is 3. The van der Waals surface area contributed by atoms with Gasteiger partial charge in [-0.2, -0.15) is 26.3 Å². The van der Waals surface area contributed by atoms with Crippen LogP contribution >= 0.6 is 11.6 Å². The molecule has 3 aromatic rings. The molecule has 26 heavy (non-hydrogen) atoms. The molecule has 3 rings (SSSR count). The highest BCUT2D eigenvalue weighted by molar-refractivity contribution is 6.30. The van der Waals surface area contributed by atoms with Crippen LogP contribution in [0.4, 0.5) is 37.8 Å². The zero-order valence-corrected chi connectivity index (χ0v) is 13.3. The summed E-state index contributed by atoms with van der Waals surface area (Å²) in [5.74, 6) is 0.137. The highest BCUT2D eigenvalue weighted by Gasteiger charge is 2.35. The average molecular weight is 392 g/mol. The van der Waals surface area contributed by atoms with Crippen molar-refractivity contribution < 1.29 is 26.3 Å². The van der Waals surface area contributed by atoms with Gasteiger partial charge in [0.2, 0.25) is 0 Å². The molecule has 0 amide bonds. The van der Waals surface area contributed by atoms with E-state index >= 15 is 0 Å². The van der Waals surface area contributed by atoms with Gasteiger partial charge in [-0.15, -0.1) is 0 Å². The number of nitrogens with one attached hydrogen (secondary N) is 1. The molecular formula is C16H8ClF6N3. The first kappa shape index (κ1) is 18.2. The van der Waals surface area contributed by atoms with Gasteiger partial charge >= 0.3 is 12.4 Å². The monoisotopic (exact) mass is 391 g/mol. The summed E-state index contributed by atoms with van der Waals surface area (Å²) < 4.78 is 77.8. The Morgan fingerprint density at radius 2 is 1.62 bits per heavy atom. The van der Waals surface area contributed by atoms with Crippen LogP contribution in [0.25, 0.3) is 10.9 Å². The van der Waals surface area contributed by atoms with Crippen LogP contribution in [0.3, 0.4) is 0 Å². The number of rotatable bonds is 2. The second kappa shape index (κ2) is 6.31. The van der Waals surface area contributed by atoms with Crippen LogP contribution < -0.4 is 5.32 Å². The van der Waals surface area contributed by atoms with Gasteiger partial charge in [-0.25, -0.2) is 9.97 Å². The second-order valence-electron chi connectivity index (χ2n) is 5.27. The third-order valence-corrected chi connectivity index (χ3v) is 3.65. The number of aromatic nitrogens is 2. The van der Waals surface area contributed by atoms with Crippen LogP contribution in [0, 0.1) is 0 Å². The highest BCUT2D eigenvalue weighted by atomic mass is 35.5. The minimum absolute atomic E-state index is 0.0766. The first-order chi connectivity index (χ1) is 12.0. The van der Waals surface area contributed by atoms with Crippen molar-refractivity contribution in [2.45, 2.75) is 12.4 Å². The smallest absolute Gasteiger partial charge is 0.340 e. The zero-order valence-electron chi connectivity index (χ0n) is 12.6. The number of nitrogens with zero attached hydrogens (tertiary/aromatic N) is 2. The van der Waals surface area contributed by atoms with Gasteiger partial charge in [-0.3, -0.25) is 0 Å². The fourth-order valence-corrected chi connectivity index (χ4v) is 2.42. The number of benzene rings is 1. The molecule has 0 radical (unpaired) electrons. The molecule has 3 nitrogen and oxygen atoms in total. The van der Waals surface area contributed by atoms with Gasteiger partial charge in [0.15, 0.2) is 0 Å². The van der Waals surface area contributed by atoms with Gasteiger partial charge in [-0.05, 0) is 30.3 Å². The molecule has 0 aliphatic heterocycles. The Bertz CT molecular complexity index is 963. The van der Waals surface area contributed by atoms with E-state index in [2.05, 4.69) is 15.3 Å². The lowest BCUT2D eigenvalue weighted by Crippen LogP contribution is -2.10. The molecular weight excluding hydrogens is 384 g/mol. The number of pyridine rings is 2. The number of halogens is 7. The van der Waals surface area contributed by atoms with Gasteiger partial charge in [0.25, 0.3) is 0 Å². The van der Waals surface area contributed by atoms with E-state index in [4.69, 9.17) is 11.6 Å². The number of anilines is 2. The molecule has 10 heteroatoms. The molecule has 0 atom stereocenters. The van der Waals surface area contributed by atoms with Crippen molar-refractivity contribution in [1.82, 2.24) is 9.97 Å². The van der Waals surface area contributed by atoms with Crippen LogP contribution in [0.2, 0.25) is 5.02 Å². The normalized spacial score (nSPS) is 12.4. The first-order valence-corrected chi connectivity index (χ1v) is 7.39. The summed E-state index contributed by atoms with van der Waals surface area (Å²) in [4.78, 5) is 7.24. The second-order valence-corrected chi connectivity index (χ2v) is 5.70.